The van der Waals surface area contributed by atoms with Gasteiger partial charge in [-0.05, 0) is 25.7 Å². The van der Waals surface area contributed by atoms with Crippen LogP contribution in [0.3, 0.4) is 0 Å². The van der Waals surface area contributed by atoms with Gasteiger partial charge >= 0.3 is 0 Å². The number of hydrogen-bond acceptors (Lipinski definition) is 4. The van der Waals surface area contributed by atoms with Crippen LogP contribution in [0.25, 0.3) is 5.65 Å². The molecule has 156 valence electrons. The second kappa shape index (κ2) is 7.59. The summed E-state index contributed by atoms with van der Waals surface area (Å²) >= 11 is 0. The number of rotatable bonds is 3. The van der Waals surface area contributed by atoms with Crippen molar-refractivity contribution in [2.45, 2.75) is 76.8 Å². The molecule has 0 aromatic carbocycles. The Hall–Kier alpha value is -2.15. The highest BCUT2D eigenvalue weighted by molar-refractivity contribution is 5.76. The summed E-state index contributed by atoms with van der Waals surface area (Å²) in [5, 5.41) is 3.33. The zero-order valence-electron chi connectivity index (χ0n) is 17.3. The zero-order valence-corrected chi connectivity index (χ0v) is 17.3. The monoisotopic (exact) mass is 397 g/mol. The van der Waals surface area contributed by atoms with Crippen molar-refractivity contribution in [1.29, 1.82) is 0 Å². The molecule has 2 fully saturated rings. The van der Waals surface area contributed by atoms with Gasteiger partial charge in [-0.15, -0.1) is 0 Å². The van der Waals surface area contributed by atoms with Crippen molar-refractivity contribution >= 4 is 11.6 Å². The summed E-state index contributed by atoms with van der Waals surface area (Å²) in [6.07, 6.45) is 8.57. The maximum absolute atomic E-state index is 13.2. The first-order valence-corrected chi connectivity index (χ1v) is 11.3. The lowest BCUT2D eigenvalue weighted by atomic mass is 9.94. The number of nitrogens with zero attached hydrogens (tertiary/aromatic N) is 4. The summed E-state index contributed by atoms with van der Waals surface area (Å²) in [5.41, 5.74) is 3.63. The van der Waals surface area contributed by atoms with Crippen LogP contribution in [0.15, 0.2) is 10.9 Å². The van der Waals surface area contributed by atoms with Crippen molar-refractivity contribution in [2.24, 2.45) is 0 Å². The third-order valence-electron chi connectivity index (χ3n) is 7.17. The van der Waals surface area contributed by atoms with E-state index in [0.717, 1.165) is 68.0 Å². The van der Waals surface area contributed by atoms with Gasteiger partial charge < -0.3 is 4.90 Å². The number of likely N-dealkylation sites (tertiary alicyclic amines) is 1. The molecular formula is C22H31N5O2. The Bertz CT molecular complexity index is 971. The van der Waals surface area contributed by atoms with E-state index in [2.05, 4.69) is 10.00 Å². The number of aromatic nitrogens is 3. The third-order valence-corrected chi connectivity index (χ3v) is 7.17. The Morgan fingerprint density at radius 2 is 2.03 bits per heavy atom. The molecule has 1 N–H and O–H groups in total. The molecule has 5 rings (SSSR count). The van der Waals surface area contributed by atoms with Gasteiger partial charge in [0.25, 0.3) is 5.56 Å². The summed E-state index contributed by atoms with van der Waals surface area (Å²) < 4.78 is 1.63. The average molecular weight is 398 g/mol. The molecule has 2 aromatic rings. The van der Waals surface area contributed by atoms with Gasteiger partial charge in [-0.3, -0.25) is 19.6 Å². The molecule has 1 saturated carbocycles. The van der Waals surface area contributed by atoms with Crippen LogP contribution in [0.5, 0.6) is 0 Å². The lowest BCUT2D eigenvalue weighted by Crippen LogP contribution is -2.41. The molecule has 29 heavy (non-hydrogen) atoms. The average Bonchev–Trinajstić information content (AvgIpc) is 3.43. The molecule has 2 aliphatic heterocycles. The summed E-state index contributed by atoms with van der Waals surface area (Å²) in [7, 11) is 0. The highest BCUT2D eigenvalue weighted by Crippen LogP contribution is 2.29. The number of nitrogens with one attached hydrogen (secondary N) is 1. The molecule has 1 unspecified atom stereocenters. The minimum absolute atomic E-state index is 0.0521. The van der Waals surface area contributed by atoms with Gasteiger partial charge in [0.05, 0.1) is 11.3 Å². The molecule has 4 heterocycles. The van der Waals surface area contributed by atoms with E-state index < -0.39 is 0 Å². The highest BCUT2D eigenvalue weighted by atomic mass is 16.2. The van der Waals surface area contributed by atoms with E-state index in [9.17, 15) is 9.59 Å². The fraction of sp³-hybridized carbons (Fsp3) is 0.682. The number of aromatic amines is 1. The third kappa shape index (κ3) is 3.39. The fourth-order valence-electron chi connectivity index (χ4n) is 5.49. The minimum Gasteiger partial charge on any atom is -0.342 e. The van der Waals surface area contributed by atoms with Crippen molar-refractivity contribution in [3.63, 3.8) is 0 Å². The molecule has 7 nitrogen and oxygen atoms in total. The lowest BCUT2D eigenvalue weighted by Gasteiger charge is -2.32. The van der Waals surface area contributed by atoms with E-state index >= 15 is 0 Å². The predicted octanol–water partition coefficient (Wildman–Crippen LogP) is 2.44. The molecule has 1 atom stereocenters. The van der Waals surface area contributed by atoms with Crippen LogP contribution in [-0.4, -0.2) is 56.0 Å². The van der Waals surface area contributed by atoms with E-state index in [1.54, 1.807) is 4.52 Å². The second-order valence-corrected chi connectivity index (χ2v) is 8.94. The van der Waals surface area contributed by atoms with E-state index in [0.29, 0.717) is 12.5 Å². The van der Waals surface area contributed by atoms with Crippen LogP contribution in [-0.2, 0) is 17.8 Å². The zero-order chi connectivity index (χ0) is 20.0. The Morgan fingerprint density at radius 3 is 2.83 bits per heavy atom. The Kier molecular flexibility index (Phi) is 4.94. The molecule has 0 spiro atoms. The van der Waals surface area contributed by atoms with Gasteiger partial charge in [-0.1, -0.05) is 19.8 Å². The number of hydrogen-bond donors (Lipinski definition) is 1. The van der Waals surface area contributed by atoms with Gasteiger partial charge in [0.1, 0.15) is 0 Å². The number of piperidine rings is 1. The largest absolute Gasteiger partial charge is 0.342 e. The minimum atomic E-state index is 0.0521. The molecule has 7 heteroatoms. The van der Waals surface area contributed by atoms with Gasteiger partial charge in [0, 0.05) is 62.7 Å². The van der Waals surface area contributed by atoms with Gasteiger partial charge in [-0.25, -0.2) is 9.50 Å². The first kappa shape index (κ1) is 18.9. The normalized spacial score (nSPS) is 23.6. The summed E-state index contributed by atoms with van der Waals surface area (Å²) in [6.45, 7) is 5.22. The van der Waals surface area contributed by atoms with Crippen LogP contribution in [0, 0.1) is 0 Å². The van der Waals surface area contributed by atoms with Crippen LogP contribution in [0.2, 0.25) is 0 Å². The van der Waals surface area contributed by atoms with Crippen molar-refractivity contribution in [3.05, 3.63) is 33.4 Å². The van der Waals surface area contributed by atoms with Crippen molar-refractivity contribution in [2.75, 3.05) is 19.6 Å². The number of carbonyl (C=O) groups is 1. The molecule has 1 aliphatic carbocycles. The quantitative estimate of drug-likeness (QED) is 0.863. The lowest BCUT2D eigenvalue weighted by molar-refractivity contribution is -0.132. The fourth-order valence-corrected chi connectivity index (χ4v) is 5.49. The Labute approximate surface area is 171 Å². The molecule has 1 saturated heterocycles. The summed E-state index contributed by atoms with van der Waals surface area (Å²) in [5.74, 6) is 0.455. The van der Waals surface area contributed by atoms with E-state index in [1.807, 2.05) is 17.9 Å². The number of amides is 1. The number of carbonyl (C=O) groups excluding carboxylic acids is 1. The molecular weight excluding hydrogens is 366 g/mol. The SMILES string of the molecule is CCC(=O)N1CCCC(c2cc3nc4c(c(=O)n3[nH]2)CN(C2CCCC2)CC4)C1. The van der Waals surface area contributed by atoms with E-state index in [4.69, 9.17) is 4.98 Å². The molecule has 1 amide bonds. The van der Waals surface area contributed by atoms with Gasteiger partial charge in [0.15, 0.2) is 5.65 Å². The summed E-state index contributed by atoms with van der Waals surface area (Å²) in [6, 6.07) is 2.65. The first-order valence-electron chi connectivity index (χ1n) is 11.3. The van der Waals surface area contributed by atoms with Crippen LogP contribution in [0.1, 0.15) is 74.7 Å². The molecule has 3 aliphatic rings. The highest BCUT2D eigenvalue weighted by Gasteiger charge is 2.30. The van der Waals surface area contributed by atoms with Crippen molar-refractivity contribution in [1.82, 2.24) is 24.4 Å². The standard InChI is InChI=1S/C22H31N5O2/c1-2-21(28)26-10-5-6-15(13-26)19-12-20-23-18-9-11-25(16-7-3-4-8-16)14-17(18)22(29)27(20)24-19/h12,15-16,24H,2-11,13-14H2,1H3. The smallest absolute Gasteiger partial charge is 0.277 e. The predicted molar refractivity (Wildman–Crippen MR) is 111 cm³/mol. The number of fused-ring (bicyclic) bond motifs is 2. The van der Waals surface area contributed by atoms with Crippen LogP contribution >= 0.6 is 0 Å². The van der Waals surface area contributed by atoms with E-state index in [-0.39, 0.29) is 17.4 Å². The van der Waals surface area contributed by atoms with Crippen LogP contribution < -0.4 is 5.56 Å². The maximum atomic E-state index is 13.2. The number of H-pyrrole nitrogens is 1. The molecule has 2 aromatic heterocycles. The van der Waals surface area contributed by atoms with E-state index in [1.165, 1.54) is 25.7 Å². The molecule has 0 radical (unpaired) electrons. The summed E-state index contributed by atoms with van der Waals surface area (Å²) in [4.78, 5) is 34.7. The van der Waals surface area contributed by atoms with Gasteiger partial charge in [0.2, 0.25) is 5.91 Å². The van der Waals surface area contributed by atoms with Crippen LogP contribution in [0.4, 0.5) is 0 Å². The topological polar surface area (TPSA) is 73.7 Å². The van der Waals surface area contributed by atoms with Crippen molar-refractivity contribution in [3.8, 4) is 0 Å². The maximum Gasteiger partial charge on any atom is 0.277 e. The van der Waals surface area contributed by atoms with Gasteiger partial charge in [-0.2, -0.15) is 0 Å². The Balaban J connectivity index is 1.43. The molecule has 0 bridgehead atoms. The Morgan fingerprint density at radius 1 is 1.21 bits per heavy atom. The first-order chi connectivity index (χ1) is 14.1. The second-order valence-electron chi connectivity index (χ2n) is 8.94. The van der Waals surface area contributed by atoms with Crippen molar-refractivity contribution < 1.29 is 4.79 Å².